The van der Waals surface area contributed by atoms with Gasteiger partial charge >= 0.3 is 23.9 Å². The van der Waals surface area contributed by atoms with E-state index in [2.05, 4.69) is 0 Å². The molecule has 0 aromatic heterocycles. The van der Waals surface area contributed by atoms with E-state index in [1.807, 2.05) is 0 Å². The average molecular weight is 899 g/mol. The van der Waals surface area contributed by atoms with E-state index in [4.69, 9.17) is 62.3 Å². The van der Waals surface area contributed by atoms with Gasteiger partial charge in [-0.15, -0.1) is 0 Å². The van der Waals surface area contributed by atoms with Crippen molar-refractivity contribution in [1.29, 1.82) is 0 Å². The van der Waals surface area contributed by atoms with Crippen molar-refractivity contribution < 1.29 is 143 Å². The highest BCUT2D eigenvalue weighted by atomic mass is 16.8. The molecule has 0 aliphatic carbocycles. The van der Waals surface area contributed by atoms with Gasteiger partial charge in [-0.25, -0.2) is 19.2 Å². The fourth-order valence-electron chi connectivity index (χ4n) is 6.94. The minimum absolute atomic E-state index is 0.674. The SMILES string of the molecule is O=C(O)COC[C@@H]1O[C@](CO)(O[C@H]2O[C@H](CO)[C@@H](OC[C@@H]3O[C@](CO)(O[C@H]4O[C@H](CO)[C@@H](O)[C@H](O)[C@H]4O)[C@H](O)[C@H]3OCC(=O)O)[C@H](OCC(=O)O)[C@H]2O)[C@H](O)[C@H]1OCC(=O)O. The van der Waals surface area contributed by atoms with E-state index in [0.717, 1.165) is 0 Å². The fraction of sp³-hybridized carbons (Fsp3) is 0.875. The van der Waals surface area contributed by atoms with Crippen LogP contribution in [0.1, 0.15) is 0 Å². The number of rotatable bonds is 24. The third-order valence-electron chi connectivity index (χ3n) is 9.83. The molecule has 0 radical (unpaired) electrons. The van der Waals surface area contributed by atoms with Crippen LogP contribution < -0.4 is 0 Å². The molecule has 0 bridgehead atoms. The summed E-state index contributed by atoms with van der Waals surface area (Å²) in [5.41, 5.74) is 0. The standard InChI is InChI=1S/C32H50O29/c33-1-11-19(45)20(46)21(47)29(56-11)60-32(10-36)28(50)25(54-7-17(41)42)14(59-32)4-52-23-12(2-34)57-30(22(48)26(23)55-8-18(43)44)61-31(9-35)27(49)24(53-6-16(39)40)13(58-31)3-51-5-15(37)38/h11-14,19-30,33-36,45-50H,1-10H2,(H,37,38)(H,39,40)(H,41,42)(H,43,44)/t11-,12-,13+,14+,19-,20+,21-,22-,23-,24+,25+,26-,27-,28-,29-,30-,31-,32-/m1/s1. The highest BCUT2D eigenvalue weighted by Gasteiger charge is 2.62. The summed E-state index contributed by atoms with van der Waals surface area (Å²) in [5.74, 6) is -11.4. The van der Waals surface area contributed by atoms with Crippen LogP contribution >= 0.6 is 0 Å². The van der Waals surface area contributed by atoms with E-state index in [0.29, 0.717) is 0 Å². The number of aliphatic hydroxyl groups is 10. The van der Waals surface area contributed by atoms with E-state index in [-0.39, 0.29) is 0 Å². The maximum Gasteiger partial charge on any atom is 0.329 e. The number of carboxylic acid groups (broad SMARTS) is 4. The average Bonchev–Trinajstić information content (AvgIpc) is 3.63. The molecule has 0 aromatic carbocycles. The molecule has 4 fully saturated rings. The molecule has 29 nitrogen and oxygen atoms in total. The van der Waals surface area contributed by atoms with Crippen molar-refractivity contribution in [3.8, 4) is 0 Å². The largest absolute Gasteiger partial charge is 0.480 e. The molecule has 4 aliphatic rings. The zero-order chi connectivity index (χ0) is 45.4. The molecular weight excluding hydrogens is 848 g/mol. The monoisotopic (exact) mass is 898 g/mol. The van der Waals surface area contributed by atoms with Crippen molar-refractivity contribution in [2.45, 2.75) is 110 Å². The van der Waals surface area contributed by atoms with Crippen LogP contribution in [-0.4, -0.2) is 271 Å². The van der Waals surface area contributed by atoms with E-state index < -0.39 is 200 Å². The number of carboxylic acids is 4. The van der Waals surface area contributed by atoms with Gasteiger partial charge < -0.3 is 124 Å². The molecule has 4 saturated heterocycles. The summed E-state index contributed by atoms with van der Waals surface area (Å²) in [5, 5.41) is 142. The predicted octanol–water partition coefficient (Wildman–Crippen LogP) is -9.31. The quantitative estimate of drug-likeness (QED) is 0.0428. The van der Waals surface area contributed by atoms with Gasteiger partial charge in [-0.2, -0.15) is 0 Å². The first-order chi connectivity index (χ1) is 28.8. The zero-order valence-electron chi connectivity index (χ0n) is 31.7. The Hall–Kier alpha value is -2.96. The lowest BCUT2D eigenvalue weighted by molar-refractivity contribution is -0.391. The van der Waals surface area contributed by atoms with Crippen LogP contribution in [-0.2, 0) is 71.3 Å². The Morgan fingerprint density at radius 1 is 0.459 bits per heavy atom. The van der Waals surface area contributed by atoms with Crippen LogP contribution in [0, 0.1) is 0 Å². The summed E-state index contributed by atoms with van der Waals surface area (Å²) in [6.07, 6.45) is -30.2. The second-order valence-electron chi connectivity index (χ2n) is 14.0. The molecule has 0 spiro atoms. The topological polar surface area (TPSA) is 453 Å². The fourth-order valence-corrected chi connectivity index (χ4v) is 6.94. The third kappa shape index (κ3) is 11.8. The first kappa shape index (κ1) is 50.7. The van der Waals surface area contributed by atoms with Gasteiger partial charge in [-0.05, 0) is 0 Å². The molecule has 352 valence electrons. The summed E-state index contributed by atoms with van der Waals surface area (Å²) in [7, 11) is 0. The number of hydrogen-bond donors (Lipinski definition) is 14. The summed E-state index contributed by atoms with van der Waals surface area (Å²) < 4.78 is 60.3. The van der Waals surface area contributed by atoms with E-state index in [1.54, 1.807) is 0 Å². The molecular formula is C32H50O29. The molecule has 0 unspecified atom stereocenters. The van der Waals surface area contributed by atoms with Gasteiger partial charge in [0.25, 0.3) is 0 Å². The predicted molar refractivity (Wildman–Crippen MR) is 179 cm³/mol. The molecule has 14 N–H and O–H groups in total. The molecule has 4 heterocycles. The van der Waals surface area contributed by atoms with Gasteiger partial charge in [0.2, 0.25) is 11.6 Å². The van der Waals surface area contributed by atoms with Crippen molar-refractivity contribution in [3.05, 3.63) is 0 Å². The number of hydrogen-bond acceptors (Lipinski definition) is 25. The Bertz CT molecular complexity index is 1450. The summed E-state index contributed by atoms with van der Waals surface area (Å²) in [6.45, 7) is -10.3. The smallest absolute Gasteiger partial charge is 0.329 e. The van der Waals surface area contributed by atoms with Crippen LogP contribution in [0.15, 0.2) is 0 Å². The minimum atomic E-state index is -2.69. The summed E-state index contributed by atoms with van der Waals surface area (Å²) in [4.78, 5) is 45.3. The van der Waals surface area contributed by atoms with Crippen molar-refractivity contribution in [2.24, 2.45) is 0 Å². The van der Waals surface area contributed by atoms with Crippen LogP contribution in [0.2, 0.25) is 0 Å². The number of aliphatic hydroxyl groups excluding tert-OH is 10. The van der Waals surface area contributed by atoms with Crippen LogP contribution in [0.4, 0.5) is 0 Å². The summed E-state index contributed by atoms with van der Waals surface area (Å²) in [6, 6.07) is 0. The lowest BCUT2D eigenvalue weighted by Crippen LogP contribution is -2.64. The van der Waals surface area contributed by atoms with E-state index >= 15 is 0 Å². The summed E-state index contributed by atoms with van der Waals surface area (Å²) >= 11 is 0. The second kappa shape index (κ2) is 22.1. The first-order valence-corrected chi connectivity index (χ1v) is 18.2. The molecule has 0 aromatic rings. The molecule has 0 saturated carbocycles. The maximum atomic E-state index is 11.6. The maximum absolute atomic E-state index is 11.6. The van der Waals surface area contributed by atoms with Crippen LogP contribution in [0.3, 0.4) is 0 Å². The Balaban J connectivity index is 1.59. The van der Waals surface area contributed by atoms with Crippen LogP contribution in [0.25, 0.3) is 0 Å². The number of aliphatic carboxylic acids is 4. The molecule has 4 rings (SSSR count). The molecule has 0 amide bonds. The van der Waals surface area contributed by atoms with Gasteiger partial charge in [0, 0.05) is 0 Å². The molecule has 4 aliphatic heterocycles. The van der Waals surface area contributed by atoms with E-state index in [1.165, 1.54) is 0 Å². The third-order valence-corrected chi connectivity index (χ3v) is 9.83. The highest BCUT2D eigenvalue weighted by molar-refractivity contribution is 5.69. The van der Waals surface area contributed by atoms with Crippen molar-refractivity contribution in [3.63, 3.8) is 0 Å². The van der Waals surface area contributed by atoms with Gasteiger partial charge in [0.15, 0.2) is 12.6 Å². The van der Waals surface area contributed by atoms with E-state index in [9.17, 15) is 80.5 Å². The lowest BCUT2D eigenvalue weighted by atomic mass is 9.97. The first-order valence-electron chi connectivity index (χ1n) is 18.2. The Kier molecular flexibility index (Phi) is 18.4. The van der Waals surface area contributed by atoms with Crippen molar-refractivity contribution in [2.75, 3.05) is 66.1 Å². The van der Waals surface area contributed by atoms with Crippen molar-refractivity contribution in [1.82, 2.24) is 0 Å². The zero-order valence-corrected chi connectivity index (χ0v) is 31.7. The van der Waals surface area contributed by atoms with Crippen molar-refractivity contribution >= 4 is 23.9 Å². The molecule has 18 atom stereocenters. The molecule has 61 heavy (non-hydrogen) atoms. The van der Waals surface area contributed by atoms with Gasteiger partial charge in [0.1, 0.15) is 125 Å². The lowest BCUT2D eigenvalue weighted by Gasteiger charge is -2.46. The van der Waals surface area contributed by atoms with Gasteiger partial charge in [-0.1, -0.05) is 0 Å². The van der Waals surface area contributed by atoms with Gasteiger partial charge in [-0.3, -0.25) is 0 Å². The Morgan fingerprint density at radius 2 is 0.885 bits per heavy atom. The minimum Gasteiger partial charge on any atom is -0.480 e. The number of ether oxygens (including phenoxy) is 11. The Labute approximate surface area is 342 Å². The second-order valence-corrected chi connectivity index (χ2v) is 14.0. The normalized spacial score (nSPS) is 41.5. The van der Waals surface area contributed by atoms with Crippen LogP contribution in [0.5, 0.6) is 0 Å². The highest BCUT2D eigenvalue weighted by Crippen LogP contribution is 2.40. The Morgan fingerprint density at radius 3 is 1.33 bits per heavy atom. The molecule has 29 heteroatoms. The van der Waals surface area contributed by atoms with Gasteiger partial charge in [0.05, 0.1) is 26.4 Å². The number of carbonyl (C=O) groups is 4.